The van der Waals surface area contributed by atoms with Gasteiger partial charge in [0.25, 0.3) is 5.91 Å². The number of hydrogen-bond acceptors (Lipinski definition) is 6. The summed E-state index contributed by atoms with van der Waals surface area (Å²) >= 11 is 0. The molecule has 0 spiro atoms. The van der Waals surface area contributed by atoms with Crippen LogP contribution in [0.4, 0.5) is 17.1 Å². The van der Waals surface area contributed by atoms with Crippen LogP contribution < -0.4 is 5.32 Å². The highest BCUT2D eigenvalue weighted by Gasteiger charge is 2.21. The molecule has 0 aliphatic rings. The van der Waals surface area contributed by atoms with Crippen LogP contribution in [0, 0.1) is 13.8 Å². The van der Waals surface area contributed by atoms with Gasteiger partial charge in [-0.3, -0.25) is 4.79 Å². The van der Waals surface area contributed by atoms with Crippen LogP contribution in [0.1, 0.15) is 40.3 Å². The third-order valence-electron chi connectivity index (χ3n) is 4.64. The molecule has 1 heterocycles. The predicted octanol–water partition coefficient (Wildman–Crippen LogP) is 4.90. The largest absolute Gasteiger partial charge is 0.451 e. The molecule has 0 saturated heterocycles. The number of aromatic amines is 1. The number of amides is 1. The summed E-state index contributed by atoms with van der Waals surface area (Å²) in [5, 5.41) is 20.8. The van der Waals surface area contributed by atoms with Crippen LogP contribution in [-0.2, 0) is 9.53 Å². The van der Waals surface area contributed by atoms with Crippen LogP contribution in [0.15, 0.2) is 64.8 Å². The first-order valence-corrected chi connectivity index (χ1v) is 9.76. The fraction of sp³-hybridized carbons (Fsp3) is 0.217. The molecule has 0 bridgehead atoms. The van der Waals surface area contributed by atoms with Crippen LogP contribution in [0.25, 0.3) is 0 Å². The van der Waals surface area contributed by atoms with Crippen molar-refractivity contribution in [2.24, 2.45) is 10.2 Å². The van der Waals surface area contributed by atoms with Gasteiger partial charge in [-0.25, -0.2) is 4.79 Å². The lowest BCUT2D eigenvalue weighted by Crippen LogP contribution is -2.21. The lowest BCUT2D eigenvalue weighted by molar-refractivity contribution is -0.119. The van der Waals surface area contributed by atoms with Crippen molar-refractivity contribution in [3.05, 3.63) is 77.1 Å². The molecule has 8 nitrogen and oxygen atoms in total. The van der Waals surface area contributed by atoms with E-state index in [4.69, 9.17) is 4.74 Å². The minimum absolute atomic E-state index is 0.231. The number of anilines is 1. The molecule has 3 N–H and O–H groups in total. The van der Waals surface area contributed by atoms with Gasteiger partial charge in [-0.05, 0) is 62.7 Å². The van der Waals surface area contributed by atoms with Crippen molar-refractivity contribution in [3.8, 4) is 0 Å². The minimum atomic E-state index is -0.712. The maximum atomic E-state index is 12.3. The summed E-state index contributed by atoms with van der Waals surface area (Å²) < 4.78 is 5.10. The van der Waals surface area contributed by atoms with Crippen LogP contribution in [0.3, 0.4) is 0 Å². The molecule has 0 aliphatic heterocycles. The van der Waals surface area contributed by atoms with E-state index in [1.54, 1.807) is 45.0 Å². The Balaban J connectivity index is 1.53. The molecule has 0 aliphatic carbocycles. The number of carbonyl (C=O) groups is 2. The van der Waals surface area contributed by atoms with Gasteiger partial charge < -0.3 is 20.1 Å². The monoisotopic (exact) mass is 420 g/mol. The second-order valence-electron chi connectivity index (χ2n) is 7.05. The normalized spacial score (nSPS) is 12.0. The summed E-state index contributed by atoms with van der Waals surface area (Å²) in [7, 11) is 0. The fourth-order valence-electron chi connectivity index (χ4n) is 3.22. The number of hydrogen-bond donors (Lipinski definition) is 3. The number of rotatable bonds is 7. The molecule has 8 heteroatoms. The second-order valence-corrected chi connectivity index (χ2v) is 7.05. The average Bonchev–Trinajstić information content (AvgIpc) is 3.06. The SMILES string of the molecule is Cc1[nH]c(C(=O)OCC(=O)Nc2ccc(N=Nc3ccccc3)cc2)c(C)c1[C@@H](C)O. The van der Waals surface area contributed by atoms with Gasteiger partial charge in [-0.1, -0.05) is 18.2 Å². The first-order valence-electron chi connectivity index (χ1n) is 9.76. The number of aromatic nitrogens is 1. The molecule has 2 aromatic carbocycles. The molecule has 3 aromatic rings. The summed E-state index contributed by atoms with van der Waals surface area (Å²) in [6, 6.07) is 16.2. The van der Waals surface area contributed by atoms with Crippen molar-refractivity contribution in [1.29, 1.82) is 0 Å². The predicted molar refractivity (Wildman–Crippen MR) is 117 cm³/mol. The van der Waals surface area contributed by atoms with E-state index < -0.39 is 24.6 Å². The number of aryl methyl sites for hydroxylation is 1. The molecule has 31 heavy (non-hydrogen) atoms. The van der Waals surface area contributed by atoms with E-state index in [-0.39, 0.29) is 5.69 Å². The minimum Gasteiger partial charge on any atom is -0.451 e. The summed E-state index contributed by atoms with van der Waals surface area (Å²) in [6.07, 6.45) is -0.712. The van der Waals surface area contributed by atoms with E-state index in [0.29, 0.717) is 28.2 Å². The van der Waals surface area contributed by atoms with Gasteiger partial charge in [0, 0.05) is 16.9 Å². The molecule has 3 rings (SSSR count). The third-order valence-corrected chi connectivity index (χ3v) is 4.64. The number of azo groups is 1. The van der Waals surface area contributed by atoms with E-state index in [1.807, 2.05) is 30.3 Å². The summed E-state index contributed by atoms with van der Waals surface area (Å²) in [6.45, 7) is 4.68. The van der Waals surface area contributed by atoms with E-state index in [9.17, 15) is 14.7 Å². The number of nitrogens with zero attached hydrogens (tertiary/aromatic N) is 2. The Kier molecular flexibility index (Phi) is 6.94. The van der Waals surface area contributed by atoms with Crippen molar-refractivity contribution in [2.75, 3.05) is 11.9 Å². The van der Waals surface area contributed by atoms with Crippen molar-refractivity contribution < 1.29 is 19.4 Å². The molecular weight excluding hydrogens is 396 g/mol. The average molecular weight is 420 g/mol. The number of esters is 1. The summed E-state index contributed by atoms with van der Waals surface area (Å²) in [4.78, 5) is 27.3. The van der Waals surface area contributed by atoms with Crippen LogP contribution >= 0.6 is 0 Å². The number of nitrogens with one attached hydrogen (secondary N) is 2. The van der Waals surface area contributed by atoms with Crippen molar-refractivity contribution in [1.82, 2.24) is 4.98 Å². The smallest absolute Gasteiger partial charge is 0.355 e. The Morgan fingerprint density at radius 3 is 2.23 bits per heavy atom. The van der Waals surface area contributed by atoms with Gasteiger partial charge in [-0.2, -0.15) is 10.2 Å². The number of aliphatic hydroxyl groups is 1. The fourth-order valence-corrected chi connectivity index (χ4v) is 3.22. The maximum Gasteiger partial charge on any atom is 0.355 e. The lowest BCUT2D eigenvalue weighted by atomic mass is 10.1. The highest BCUT2D eigenvalue weighted by molar-refractivity contribution is 5.95. The van der Waals surface area contributed by atoms with E-state index >= 15 is 0 Å². The number of H-pyrrole nitrogens is 1. The summed E-state index contributed by atoms with van der Waals surface area (Å²) in [5.41, 5.74) is 4.11. The van der Waals surface area contributed by atoms with Gasteiger partial charge in [0.2, 0.25) is 0 Å². The van der Waals surface area contributed by atoms with E-state index in [2.05, 4.69) is 20.5 Å². The van der Waals surface area contributed by atoms with Gasteiger partial charge in [-0.15, -0.1) is 0 Å². The maximum absolute atomic E-state index is 12.3. The number of aliphatic hydroxyl groups excluding tert-OH is 1. The van der Waals surface area contributed by atoms with Crippen molar-refractivity contribution in [2.45, 2.75) is 26.9 Å². The first-order chi connectivity index (χ1) is 14.8. The Hall–Kier alpha value is -3.78. The molecule has 0 fully saturated rings. The van der Waals surface area contributed by atoms with Crippen LogP contribution in [-0.4, -0.2) is 28.6 Å². The van der Waals surface area contributed by atoms with Crippen molar-refractivity contribution >= 4 is 28.9 Å². The first kappa shape index (κ1) is 21.9. The van der Waals surface area contributed by atoms with Crippen LogP contribution in [0.5, 0.6) is 0 Å². The summed E-state index contributed by atoms with van der Waals surface area (Å²) in [5.74, 6) is -1.12. The Bertz CT molecular complexity index is 1090. The zero-order valence-electron chi connectivity index (χ0n) is 17.5. The molecular formula is C23H24N4O4. The van der Waals surface area contributed by atoms with Gasteiger partial charge in [0.15, 0.2) is 6.61 Å². The molecule has 1 amide bonds. The second kappa shape index (κ2) is 9.82. The molecule has 0 unspecified atom stereocenters. The number of carbonyl (C=O) groups excluding carboxylic acids is 2. The Labute approximate surface area is 180 Å². The quantitative estimate of drug-likeness (QED) is 0.372. The number of benzene rings is 2. The van der Waals surface area contributed by atoms with E-state index in [1.165, 1.54) is 0 Å². The third kappa shape index (κ3) is 5.64. The standard InChI is InChI=1S/C23H24N4O4/c1-14-21(16(3)28)15(2)24-22(14)23(30)31-13-20(29)25-17-9-11-19(12-10-17)27-26-18-7-5-4-6-8-18/h4-12,16,24,28H,13H2,1-3H3,(H,25,29)/t16-/m1/s1. The van der Waals surface area contributed by atoms with Gasteiger partial charge in [0.1, 0.15) is 5.69 Å². The van der Waals surface area contributed by atoms with Gasteiger partial charge >= 0.3 is 5.97 Å². The highest BCUT2D eigenvalue weighted by atomic mass is 16.5. The Morgan fingerprint density at radius 1 is 1.03 bits per heavy atom. The zero-order chi connectivity index (χ0) is 22.4. The van der Waals surface area contributed by atoms with Crippen molar-refractivity contribution in [3.63, 3.8) is 0 Å². The highest BCUT2D eigenvalue weighted by Crippen LogP contribution is 2.25. The molecule has 0 saturated carbocycles. The molecule has 1 atom stereocenters. The molecule has 1 aromatic heterocycles. The lowest BCUT2D eigenvalue weighted by Gasteiger charge is -2.07. The number of ether oxygens (including phenoxy) is 1. The van der Waals surface area contributed by atoms with Crippen LogP contribution in [0.2, 0.25) is 0 Å². The topological polar surface area (TPSA) is 116 Å². The van der Waals surface area contributed by atoms with Gasteiger partial charge in [0.05, 0.1) is 17.5 Å². The molecule has 0 radical (unpaired) electrons. The molecule has 160 valence electrons. The van der Waals surface area contributed by atoms with E-state index in [0.717, 1.165) is 5.69 Å². The Morgan fingerprint density at radius 2 is 1.65 bits per heavy atom. The zero-order valence-corrected chi connectivity index (χ0v) is 17.5.